The standard InChI is InChI=1S/C29H25NO2Si/c31-29-30(21-22-32-29)23-28(24-13-5-1-6-14-24)33(25-15-7-2-8-16-25,26-17-9-3-10-18-26)27-19-11-4-12-20-27/h1-20,23H,21-22H2/b28-23-. The predicted molar refractivity (Wildman–Crippen MR) is 136 cm³/mol. The average Bonchev–Trinajstić information content (AvgIpc) is 3.30. The minimum Gasteiger partial charge on any atom is -0.447 e. The Bertz CT molecular complexity index is 1150. The Balaban J connectivity index is 1.91. The summed E-state index contributed by atoms with van der Waals surface area (Å²) in [5.74, 6) is 0. The molecule has 3 nitrogen and oxygen atoms in total. The zero-order chi connectivity index (χ0) is 22.5. The van der Waals surface area contributed by atoms with Crippen molar-refractivity contribution in [1.29, 1.82) is 0 Å². The summed E-state index contributed by atoms with van der Waals surface area (Å²) in [6.45, 7) is 0.964. The molecule has 4 aromatic carbocycles. The van der Waals surface area contributed by atoms with Crippen molar-refractivity contribution in [2.24, 2.45) is 0 Å². The molecule has 5 rings (SSSR count). The highest BCUT2D eigenvalue weighted by Crippen LogP contribution is 2.28. The van der Waals surface area contributed by atoms with Gasteiger partial charge in [-0.25, -0.2) is 4.79 Å². The molecule has 4 aromatic rings. The Kier molecular flexibility index (Phi) is 5.92. The van der Waals surface area contributed by atoms with Gasteiger partial charge < -0.3 is 4.74 Å². The lowest BCUT2D eigenvalue weighted by Crippen LogP contribution is -2.68. The average molecular weight is 448 g/mol. The molecule has 1 amide bonds. The largest absolute Gasteiger partial charge is 0.447 e. The van der Waals surface area contributed by atoms with Crippen LogP contribution in [0.5, 0.6) is 0 Å². The van der Waals surface area contributed by atoms with Crippen LogP contribution in [0.15, 0.2) is 128 Å². The number of carbonyl (C=O) groups excluding carboxylic acids is 1. The Morgan fingerprint density at radius 3 is 1.48 bits per heavy atom. The van der Waals surface area contributed by atoms with E-state index in [0.717, 1.165) is 10.8 Å². The highest BCUT2D eigenvalue weighted by molar-refractivity contribution is 7.23. The van der Waals surface area contributed by atoms with Gasteiger partial charge in [-0.1, -0.05) is 121 Å². The van der Waals surface area contributed by atoms with Crippen molar-refractivity contribution in [2.75, 3.05) is 13.2 Å². The third-order valence-electron chi connectivity index (χ3n) is 6.19. The molecule has 1 heterocycles. The maximum atomic E-state index is 12.6. The second kappa shape index (κ2) is 9.31. The molecule has 4 heteroatoms. The van der Waals surface area contributed by atoms with Gasteiger partial charge in [-0.2, -0.15) is 0 Å². The summed E-state index contributed by atoms with van der Waals surface area (Å²) in [7, 11) is -2.78. The topological polar surface area (TPSA) is 29.5 Å². The molecule has 0 N–H and O–H groups in total. The van der Waals surface area contributed by atoms with E-state index < -0.39 is 8.07 Å². The summed E-state index contributed by atoms with van der Waals surface area (Å²) in [6.07, 6.45) is 1.75. The number of hydrogen-bond acceptors (Lipinski definition) is 2. The lowest BCUT2D eigenvalue weighted by molar-refractivity contribution is 0.166. The molecule has 1 aliphatic rings. The number of hydrogen-bond donors (Lipinski definition) is 0. The van der Waals surface area contributed by atoms with Crippen molar-refractivity contribution in [2.45, 2.75) is 0 Å². The van der Waals surface area contributed by atoms with Gasteiger partial charge in [-0.3, -0.25) is 4.90 Å². The molecule has 0 radical (unpaired) electrons. The molecule has 0 unspecified atom stereocenters. The summed E-state index contributed by atoms with van der Waals surface area (Å²) in [5.41, 5.74) is 1.11. The summed E-state index contributed by atoms with van der Waals surface area (Å²) < 4.78 is 5.29. The fourth-order valence-corrected chi connectivity index (χ4v) is 9.67. The smallest absolute Gasteiger partial charge is 0.413 e. The number of carbonyl (C=O) groups is 1. The van der Waals surface area contributed by atoms with E-state index in [-0.39, 0.29) is 6.09 Å². The molecule has 0 aliphatic carbocycles. The Hall–Kier alpha value is -3.89. The van der Waals surface area contributed by atoms with Gasteiger partial charge >= 0.3 is 6.09 Å². The first kappa shape index (κ1) is 21.0. The van der Waals surface area contributed by atoms with Gasteiger partial charge in [0.05, 0.1) is 6.54 Å². The highest BCUT2D eigenvalue weighted by Gasteiger charge is 2.44. The minimum atomic E-state index is -2.78. The van der Waals surface area contributed by atoms with E-state index in [1.807, 2.05) is 12.3 Å². The third-order valence-corrected chi connectivity index (χ3v) is 11.0. The lowest BCUT2D eigenvalue weighted by Gasteiger charge is -2.37. The molecule has 0 bridgehead atoms. The maximum absolute atomic E-state index is 12.6. The van der Waals surface area contributed by atoms with Crippen LogP contribution in [-0.4, -0.2) is 32.2 Å². The minimum absolute atomic E-state index is 0.291. The fourth-order valence-electron chi connectivity index (χ4n) is 4.72. The molecule has 0 spiro atoms. The van der Waals surface area contributed by atoms with E-state index in [0.29, 0.717) is 13.2 Å². The fraction of sp³-hybridized carbons (Fsp3) is 0.0690. The van der Waals surface area contributed by atoms with Crippen molar-refractivity contribution in [3.05, 3.63) is 133 Å². The Morgan fingerprint density at radius 1 is 0.667 bits per heavy atom. The molecule has 1 fully saturated rings. The molecule has 1 aliphatic heterocycles. The Morgan fingerprint density at radius 2 is 1.09 bits per heavy atom. The monoisotopic (exact) mass is 447 g/mol. The van der Waals surface area contributed by atoms with Crippen molar-refractivity contribution in [3.63, 3.8) is 0 Å². The molecule has 33 heavy (non-hydrogen) atoms. The van der Waals surface area contributed by atoms with Crippen molar-refractivity contribution >= 4 is 34.9 Å². The van der Waals surface area contributed by atoms with E-state index in [9.17, 15) is 4.79 Å². The second-order valence-corrected chi connectivity index (χ2v) is 11.8. The molecule has 1 saturated heterocycles. The summed E-state index contributed by atoms with van der Waals surface area (Å²) in [5, 5.41) is 4.96. The molecule has 162 valence electrons. The first-order valence-corrected chi connectivity index (χ1v) is 13.2. The summed E-state index contributed by atoms with van der Waals surface area (Å²) >= 11 is 0. The van der Waals surface area contributed by atoms with E-state index in [1.54, 1.807) is 4.90 Å². The van der Waals surface area contributed by atoms with Gasteiger partial charge in [0.1, 0.15) is 6.61 Å². The SMILES string of the molecule is O=C1OCCN1/C=C(/c1ccccc1)[Si](c1ccccc1)(c1ccccc1)c1ccccc1. The van der Waals surface area contributed by atoms with Gasteiger partial charge in [-0.15, -0.1) is 0 Å². The van der Waals surface area contributed by atoms with Crippen LogP contribution in [0.25, 0.3) is 5.20 Å². The predicted octanol–water partition coefficient (Wildman–Crippen LogP) is 4.19. The van der Waals surface area contributed by atoms with E-state index in [1.165, 1.54) is 15.6 Å². The normalized spacial score (nSPS) is 14.2. The molecule has 0 aromatic heterocycles. The number of nitrogens with zero attached hydrogens (tertiary/aromatic N) is 1. The second-order valence-electron chi connectivity index (χ2n) is 8.06. The molecule has 0 atom stereocenters. The van der Waals surface area contributed by atoms with Crippen LogP contribution in [0.2, 0.25) is 0 Å². The summed E-state index contributed by atoms with van der Waals surface area (Å²) in [6, 6.07) is 42.6. The molecular formula is C29H25NO2Si. The number of amides is 1. The van der Waals surface area contributed by atoms with Gasteiger partial charge in [0, 0.05) is 6.20 Å². The summed E-state index contributed by atoms with van der Waals surface area (Å²) in [4.78, 5) is 14.3. The number of ether oxygens (including phenoxy) is 1. The Labute approximate surface area is 195 Å². The van der Waals surface area contributed by atoms with Crippen LogP contribution in [0.3, 0.4) is 0 Å². The first-order valence-electron chi connectivity index (χ1n) is 11.2. The van der Waals surface area contributed by atoms with Crippen molar-refractivity contribution < 1.29 is 9.53 Å². The lowest BCUT2D eigenvalue weighted by atomic mass is 10.2. The van der Waals surface area contributed by atoms with Gasteiger partial charge in [0.25, 0.3) is 0 Å². The molecular weight excluding hydrogens is 422 g/mol. The van der Waals surface area contributed by atoms with Gasteiger partial charge in [0.2, 0.25) is 0 Å². The van der Waals surface area contributed by atoms with E-state index in [4.69, 9.17) is 4.74 Å². The van der Waals surface area contributed by atoms with Crippen LogP contribution < -0.4 is 15.6 Å². The van der Waals surface area contributed by atoms with Crippen molar-refractivity contribution in [3.8, 4) is 0 Å². The third kappa shape index (κ3) is 3.90. The zero-order valence-electron chi connectivity index (χ0n) is 18.3. The first-order chi connectivity index (χ1) is 16.3. The molecule has 0 saturated carbocycles. The zero-order valence-corrected chi connectivity index (χ0v) is 19.3. The maximum Gasteiger partial charge on any atom is 0.413 e. The van der Waals surface area contributed by atoms with Crippen LogP contribution in [0.4, 0.5) is 4.79 Å². The van der Waals surface area contributed by atoms with Crippen LogP contribution in [0, 0.1) is 0 Å². The van der Waals surface area contributed by atoms with E-state index >= 15 is 0 Å². The number of cyclic esters (lactones) is 1. The van der Waals surface area contributed by atoms with Crippen LogP contribution in [0.1, 0.15) is 5.56 Å². The van der Waals surface area contributed by atoms with Gasteiger partial charge in [-0.05, 0) is 26.3 Å². The van der Waals surface area contributed by atoms with E-state index in [2.05, 4.69) is 115 Å². The highest BCUT2D eigenvalue weighted by atomic mass is 28.3. The number of benzene rings is 4. The number of rotatable bonds is 6. The van der Waals surface area contributed by atoms with Crippen LogP contribution in [-0.2, 0) is 4.74 Å². The van der Waals surface area contributed by atoms with Gasteiger partial charge in [0.15, 0.2) is 8.07 Å². The van der Waals surface area contributed by atoms with Crippen molar-refractivity contribution in [1.82, 2.24) is 4.90 Å². The quantitative estimate of drug-likeness (QED) is 0.328. The van der Waals surface area contributed by atoms with Crippen LogP contribution >= 0.6 is 0 Å².